The highest BCUT2D eigenvalue weighted by Crippen LogP contribution is 2.11. The van der Waals surface area contributed by atoms with Crippen molar-refractivity contribution in [3.05, 3.63) is 52.2 Å². The third kappa shape index (κ3) is 3.35. The number of aldehydes is 1. The van der Waals surface area contributed by atoms with E-state index in [1.807, 2.05) is 31.2 Å². The summed E-state index contributed by atoms with van der Waals surface area (Å²) in [6.45, 7) is 1.95. The van der Waals surface area contributed by atoms with Crippen molar-refractivity contribution in [3.63, 3.8) is 0 Å². The van der Waals surface area contributed by atoms with E-state index in [4.69, 9.17) is 0 Å². The van der Waals surface area contributed by atoms with Crippen LogP contribution in [0.15, 0.2) is 46.9 Å². The number of Topliss-reactive ketones (excluding diaryl/α,β-unsaturated/α-hetero) is 1. The first-order chi connectivity index (χ1) is 9.20. The van der Waals surface area contributed by atoms with E-state index < -0.39 is 0 Å². The highest BCUT2D eigenvalue weighted by atomic mass is 32.1. The Morgan fingerprint density at radius 3 is 2.79 bits per heavy atom. The number of carbonyl (C=O) groups excluding carboxylic acids is 2. The second-order valence-corrected chi connectivity index (χ2v) is 4.85. The molecule has 0 aliphatic carbocycles. The van der Waals surface area contributed by atoms with E-state index in [-0.39, 0.29) is 11.5 Å². The zero-order chi connectivity index (χ0) is 13.7. The molecule has 1 heterocycles. The van der Waals surface area contributed by atoms with E-state index in [2.05, 4.69) is 10.5 Å². The summed E-state index contributed by atoms with van der Waals surface area (Å²) in [4.78, 5) is 23.4. The Kier molecular flexibility index (Phi) is 4.20. The molecule has 0 amide bonds. The predicted molar refractivity (Wildman–Crippen MR) is 77.0 cm³/mol. The van der Waals surface area contributed by atoms with Crippen LogP contribution in [0.5, 0.6) is 0 Å². The molecule has 0 saturated heterocycles. The summed E-state index contributed by atoms with van der Waals surface area (Å²) >= 11 is 1.28. The van der Waals surface area contributed by atoms with Gasteiger partial charge in [-0.3, -0.25) is 15.0 Å². The number of rotatable bonds is 5. The molecule has 4 nitrogen and oxygen atoms in total. The van der Waals surface area contributed by atoms with E-state index in [1.165, 1.54) is 11.3 Å². The lowest BCUT2D eigenvalue weighted by atomic mass is 10.2. The monoisotopic (exact) mass is 272 g/mol. The smallest absolute Gasteiger partial charge is 0.226 e. The molecule has 0 aliphatic heterocycles. The molecular weight excluding hydrogens is 260 g/mol. The summed E-state index contributed by atoms with van der Waals surface area (Å²) in [6, 6.07) is 10.9. The molecule has 1 N–H and O–H groups in total. The number of nitrogens with one attached hydrogen (secondary N) is 1. The fourth-order valence-corrected chi connectivity index (χ4v) is 2.18. The molecule has 2 rings (SSSR count). The van der Waals surface area contributed by atoms with Crippen LogP contribution < -0.4 is 5.43 Å². The van der Waals surface area contributed by atoms with Gasteiger partial charge in [0.1, 0.15) is 0 Å². The van der Waals surface area contributed by atoms with Crippen LogP contribution in [0, 0.1) is 6.92 Å². The van der Waals surface area contributed by atoms with Gasteiger partial charge in [-0.25, -0.2) is 0 Å². The maximum Gasteiger partial charge on any atom is 0.226 e. The van der Waals surface area contributed by atoms with E-state index in [9.17, 15) is 9.59 Å². The standard InChI is InChI=1S/C14H12N2O2S/c1-10-4-2-5-11(8-10)15-16-12(9-17)14(18)13-6-3-7-19-13/h2-9,15H,1H3/b16-12-. The normalized spacial score (nSPS) is 11.1. The number of benzene rings is 1. The van der Waals surface area contributed by atoms with Crippen LogP contribution in [0.3, 0.4) is 0 Å². The van der Waals surface area contributed by atoms with Gasteiger partial charge in [0, 0.05) is 0 Å². The molecule has 19 heavy (non-hydrogen) atoms. The molecule has 0 bridgehead atoms. The fourth-order valence-electron chi connectivity index (χ4n) is 1.50. The Hall–Kier alpha value is -2.27. The second-order valence-electron chi connectivity index (χ2n) is 3.90. The van der Waals surface area contributed by atoms with Gasteiger partial charge in [-0.2, -0.15) is 5.10 Å². The van der Waals surface area contributed by atoms with Crippen molar-refractivity contribution in [2.45, 2.75) is 6.92 Å². The average Bonchev–Trinajstić information content (AvgIpc) is 2.93. The number of nitrogens with zero attached hydrogens (tertiary/aromatic N) is 1. The van der Waals surface area contributed by atoms with E-state index in [1.54, 1.807) is 17.5 Å². The van der Waals surface area contributed by atoms with Gasteiger partial charge in [-0.15, -0.1) is 11.3 Å². The SMILES string of the molecule is Cc1cccc(N/N=C(/C=O)C(=O)c2cccs2)c1. The van der Waals surface area contributed by atoms with Crippen molar-refractivity contribution in [1.82, 2.24) is 0 Å². The summed E-state index contributed by atoms with van der Waals surface area (Å²) in [7, 11) is 0. The lowest BCUT2D eigenvalue weighted by molar-refractivity contribution is -0.102. The molecule has 2 aromatic rings. The lowest BCUT2D eigenvalue weighted by Crippen LogP contribution is -2.16. The zero-order valence-electron chi connectivity index (χ0n) is 10.3. The fraction of sp³-hybridized carbons (Fsp3) is 0.0714. The van der Waals surface area contributed by atoms with Gasteiger partial charge in [0.2, 0.25) is 5.78 Å². The molecule has 1 aromatic carbocycles. The molecule has 0 radical (unpaired) electrons. The largest absolute Gasteiger partial charge is 0.296 e. The average molecular weight is 272 g/mol. The highest BCUT2D eigenvalue weighted by Gasteiger charge is 2.14. The topological polar surface area (TPSA) is 58.5 Å². The Morgan fingerprint density at radius 1 is 1.32 bits per heavy atom. The minimum absolute atomic E-state index is 0.135. The summed E-state index contributed by atoms with van der Waals surface area (Å²) < 4.78 is 0. The van der Waals surface area contributed by atoms with Crippen molar-refractivity contribution in [2.75, 3.05) is 5.43 Å². The van der Waals surface area contributed by atoms with Gasteiger partial charge in [0.05, 0.1) is 10.6 Å². The van der Waals surface area contributed by atoms with Gasteiger partial charge in [-0.05, 0) is 36.1 Å². The van der Waals surface area contributed by atoms with E-state index in [0.717, 1.165) is 11.3 Å². The van der Waals surface area contributed by atoms with Gasteiger partial charge in [0.15, 0.2) is 12.0 Å². The number of hydrogen-bond acceptors (Lipinski definition) is 5. The van der Waals surface area contributed by atoms with Crippen LogP contribution in [0.1, 0.15) is 15.2 Å². The van der Waals surface area contributed by atoms with Crippen LogP contribution in [-0.2, 0) is 4.79 Å². The van der Waals surface area contributed by atoms with E-state index >= 15 is 0 Å². The third-order valence-corrected chi connectivity index (χ3v) is 3.28. The Balaban J connectivity index is 2.16. The Morgan fingerprint density at radius 2 is 2.16 bits per heavy atom. The highest BCUT2D eigenvalue weighted by molar-refractivity contribution is 7.13. The number of carbonyl (C=O) groups is 2. The molecule has 0 aliphatic rings. The summed E-state index contributed by atoms with van der Waals surface area (Å²) in [5.74, 6) is -0.370. The van der Waals surface area contributed by atoms with Gasteiger partial charge in [-0.1, -0.05) is 18.2 Å². The molecule has 96 valence electrons. The van der Waals surface area contributed by atoms with Crippen LogP contribution in [-0.4, -0.2) is 17.8 Å². The van der Waals surface area contributed by atoms with Gasteiger partial charge >= 0.3 is 0 Å². The van der Waals surface area contributed by atoms with E-state index in [0.29, 0.717) is 11.2 Å². The number of hydrogen-bond donors (Lipinski definition) is 1. The van der Waals surface area contributed by atoms with Crippen molar-refractivity contribution in [3.8, 4) is 0 Å². The van der Waals surface area contributed by atoms with Crippen molar-refractivity contribution >= 4 is 34.8 Å². The third-order valence-electron chi connectivity index (χ3n) is 2.41. The summed E-state index contributed by atoms with van der Waals surface area (Å²) in [5.41, 5.74) is 4.39. The number of ketones is 1. The molecule has 0 unspecified atom stereocenters. The molecule has 0 fully saturated rings. The first-order valence-electron chi connectivity index (χ1n) is 5.64. The van der Waals surface area contributed by atoms with Crippen molar-refractivity contribution in [1.29, 1.82) is 0 Å². The Labute approximate surface area is 114 Å². The predicted octanol–water partition coefficient (Wildman–Crippen LogP) is 2.91. The van der Waals surface area contributed by atoms with Gasteiger partial charge < -0.3 is 0 Å². The molecule has 5 heteroatoms. The number of hydrazone groups is 1. The van der Waals surface area contributed by atoms with Crippen LogP contribution in [0.2, 0.25) is 0 Å². The molecular formula is C14H12N2O2S. The first kappa shape index (κ1) is 13.2. The molecule has 0 spiro atoms. The maximum absolute atomic E-state index is 11.9. The minimum Gasteiger partial charge on any atom is -0.296 e. The van der Waals surface area contributed by atoms with Crippen LogP contribution in [0.4, 0.5) is 5.69 Å². The second kappa shape index (κ2) is 6.06. The first-order valence-corrected chi connectivity index (χ1v) is 6.52. The summed E-state index contributed by atoms with van der Waals surface area (Å²) in [6.07, 6.45) is 0.463. The van der Waals surface area contributed by atoms with Crippen molar-refractivity contribution < 1.29 is 9.59 Å². The van der Waals surface area contributed by atoms with Crippen LogP contribution >= 0.6 is 11.3 Å². The minimum atomic E-state index is -0.370. The molecule has 0 saturated carbocycles. The summed E-state index contributed by atoms with van der Waals surface area (Å²) in [5, 5.41) is 5.65. The quantitative estimate of drug-likeness (QED) is 0.299. The lowest BCUT2D eigenvalue weighted by Gasteiger charge is -2.02. The number of anilines is 1. The number of aryl methyl sites for hydroxylation is 1. The Bertz CT molecular complexity index is 618. The van der Waals surface area contributed by atoms with Gasteiger partial charge in [0.25, 0.3) is 0 Å². The van der Waals surface area contributed by atoms with Crippen LogP contribution in [0.25, 0.3) is 0 Å². The van der Waals surface area contributed by atoms with Crippen molar-refractivity contribution in [2.24, 2.45) is 5.10 Å². The molecule has 0 atom stereocenters. The number of thiophene rings is 1. The zero-order valence-corrected chi connectivity index (χ0v) is 11.1. The molecule has 1 aromatic heterocycles. The maximum atomic E-state index is 11.9.